The van der Waals surface area contributed by atoms with Gasteiger partial charge in [0.05, 0.1) is 24.9 Å². The zero-order chi connectivity index (χ0) is 18.1. The number of nitrogens with one attached hydrogen (secondary N) is 1. The smallest absolute Gasteiger partial charge is 0.268 e. The van der Waals surface area contributed by atoms with Gasteiger partial charge in [-0.25, -0.2) is 9.37 Å². The van der Waals surface area contributed by atoms with E-state index in [0.717, 1.165) is 16.2 Å². The summed E-state index contributed by atoms with van der Waals surface area (Å²) in [4.78, 5) is 22.7. The first-order valence-electron chi connectivity index (χ1n) is 8.08. The van der Waals surface area contributed by atoms with Crippen molar-refractivity contribution < 1.29 is 8.81 Å². The Morgan fingerprint density at radius 3 is 2.77 bits per heavy atom. The van der Waals surface area contributed by atoms with E-state index in [1.807, 2.05) is 30.1 Å². The van der Waals surface area contributed by atoms with Crippen LogP contribution >= 0.6 is 11.3 Å². The lowest BCUT2D eigenvalue weighted by molar-refractivity contribution is 0.281. The number of H-pyrrole nitrogens is 1. The first kappa shape index (κ1) is 16.7. The monoisotopic (exact) mass is 369 g/mol. The molecule has 3 aromatic heterocycles. The lowest BCUT2D eigenvalue weighted by atomic mass is 10.2. The Bertz CT molecular complexity index is 1080. The molecule has 0 fully saturated rings. The fraction of sp³-hybridized carbons (Fsp3) is 0.158. The summed E-state index contributed by atoms with van der Waals surface area (Å²) in [5.41, 5.74) is 1.36. The van der Waals surface area contributed by atoms with Gasteiger partial charge in [-0.2, -0.15) is 0 Å². The third-order valence-corrected chi connectivity index (χ3v) is 5.16. The molecule has 0 saturated heterocycles. The number of nitrogens with zero attached hydrogens (tertiary/aromatic N) is 2. The standard InChI is InChI=1S/C19H16FN3O2S/c1-23(10-14-3-2-8-25-14)11-17-21-15-9-16(26-18(15)19(24)22-17)12-4-6-13(20)7-5-12/h2-9H,10-11H2,1H3,(H,21,22,24). The van der Waals surface area contributed by atoms with E-state index in [2.05, 4.69) is 9.97 Å². The second kappa shape index (κ2) is 6.86. The van der Waals surface area contributed by atoms with Crippen molar-refractivity contribution in [2.45, 2.75) is 13.1 Å². The molecule has 26 heavy (non-hydrogen) atoms. The molecule has 4 aromatic rings. The van der Waals surface area contributed by atoms with Gasteiger partial charge >= 0.3 is 0 Å². The fourth-order valence-corrected chi connectivity index (χ4v) is 3.80. The Morgan fingerprint density at radius 1 is 1.23 bits per heavy atom. The minimum atomic E-state index is -0.285. The number of benzene rings is 1. The van der Waals surface area contributed by atoms with E-state index in [-0.39, 0.29) is 11.4 Å². The first-order valence-corrected chi connectivity index (χ1v) is 8.90. The van der Waals surface area contributed by atoms with E-state index >= 15 is 0 Å². The van der Waals surface area contributed by atoms with Crippen LogP contribution in [0.15, 0.2) is 57.9 Å². The van der Waals surface area contributed by atoms with E-state index in [0.29, 0.717) is 29.1 Å². The van der Waals surface area contributed by atoms with Gasteiger partial charge in [0.25, 0.3) is 5.56 Å². The third kappa shape index (κ3) is 3.44. The SMILES string of the molecule is CN(Cc1nc2cc(-c3ccc(F)cc3)sc2c(=O)[nH]1)Cc1ccco1. The van der Waals surface area contributed by atoms with Crippen molar-refractivity contribution in [3.8, 4) is 10.4 Å². The number of hydrogen-bond donors (Lipinski definition) is 1. The molecule has 0 atom stereocenters. The van der Waals surface area contributed by atoms with Crippen LogP contribution in [-0.4, -0.2) is 21.9 Å². The van der Waals surface area contributed by atoms with Crippen molar-refractivity contribution in [2.24, 2.45) is 0 Å². The average molecular weight is 369 g/mol. The van der Waals surface area contributed by atoms with Gasteiger partial charge in [-0.3, -0.25) is 9.69 Å². The number of furan rings is 1. The highest BCUT2D eigenvalue weighted by atomic mass is 32.1. The molecule has 0 radical (unpaired) electrons. The van der Waals surface area contributed by atoms with Crippen LogP contribution in [-0.2, 0) is 13.1 Å². The molecular formula is C19H16FN3O2S. The fourth-order valence-electron chi connectivity index (χ4n) is 2.80. The summed E-state index contributed by atoms with van der Waals surface area (Å²) >= 11 is 1.36. The second-order valence-corrected chi connectivity index (χ2v) is 7.15. The van der Waals surface area contributed by atoms with Crippen LogP contribution in [0.25, 0.3) is 20.7 Å². The summed E-state index contributed by atoms with van der Waals surface area (Å²) in [5, 5.41) is 0. The molecule has 0 saturated carbocycles. The predicted octanol–water partition coefficient (Wildman–Crippen LogP) is 4.02. The molecule has 1 aromatic carbocycles. The van der Waals surface area contributed by atoms with Gasteiger partial charge in [-0.15, -0.1) is 11.3 Å². The molecule has 0 aliphatic carbocycles. The largest absolute Gasteiger partial charge is 0.468 e. The van der Waals surface area contributed by atoms with E-state index in [1.165, 1.54) is 23.5 Å². The minimum absolute atomic E-state index is 0.158. The quantitative estimate of drug-likeness (QED) is 0.577. The minimum Gasteiger partial charge on any atom is -0.468 e. The van der Waals surface area contributed by atoms with Crippen molar-refractivity contribution in [1.29, 1.82) is 0 Å². The number of fused-ring (bicyclic) bond motifs is 1. The molecule has 3 heterocycles. The maximum atomic E-state index is 13.1. The highest BCUT2D eigenvalue weighted by Crippen LogP contribution is 2.30. The van der Waals surface area contributed by atoms with Crippen LogP contribution in [0.3, 0.4) is 0 Å². The molecule has 4 rings (SSSR count). The molecule has 0 aliphatic rings. The number of halogens is 1. The molecule has 0 aliphatic heterocycles. The van der Waals surface area contributed by atoms with Crippen LogP contribution in [0, 0.1) is 5.82 Å². The Morgan fingerprint density at radius 2 is 2.04 bits per heavy atom. The van der Waals surface area contributed by atoms with E-state index < -0.39 is 0 Å². The molecule has 5 nitrogen and oxygen atoms in total. The van der Waals surface area contributed by atoms with Gasteiger partial charge in [0.2, 0.25) is 0 Å². The first-order chi connectivity index (χ1) is 12.6. The van der Waals surface area contributed by atoms with Crippen molar-refractivity contribution in [3.63, 3.8) is 0 Å². The van der Waals surface area contributed by atoms with Crippen molar-refractivity contribution in [3.05, 3.63) is 76.5 Å². The van der Waals surface area contributed by atoms with Gasteiger partial charge in [0, 0.05) is 4.88 Å². The van der Waals surface area contributed by atoms with Crippen LogP contribution in [0.2, 0.25) is 0 Å². The Balaban J connectivity index is 1.61. The Hall–Kier alpha value is -2.77. The molecule has 0 amide bonds. The summed E-state index contributed by atoms with van der Waals surface area (Å²) in [7, 11) is 1.93. The number of aromatic amines is 1. The summed E-state index contributed by atoms with van der Waals surface area (Å²) in [5.74, 6) is 1.16. The van der Waals surface area contributed by atoms with Gasteiger partial charge in [0.1, 0.15) is 22.1 Å². The summed E-state index contributed by atoms with van der Waals surface area (Å²) in [6.45, 7) is 1.12. The van der Waals surface area contributed by atoms with Crippen molar-refractivity contribution >= 4 is 21.6 Å². The zero-order valence-electron chi connectivity index (χ0n) is 14.0. The zero-order valence-corrected chi connectivity index (χ0v) is 14.8. The molecule has 0 bridgehead atoms. The van der Waals surface area contributed by atoms with Crippen LogP contribution in [0.1, 0.15) is 11.6 Å². The second-order valence-electron chi connectivity index (χ2n) is 6.10. The number of aromatic nitrogens is 2. The summed E-state index contributed by atoms with van der Waals surface area (Å²) in [6, 6.07) is 11.8. The average Bonchev–Trinajstić information content (AvgIpc) is 3.25. The predicted molar refractivity (Wildman–Crippen MR) is 99.5 cm³/mol. The number of hydrogen-bond acceptors (Lipinski definition) is 5. The van der Waals surface area contributed by atoms with Gasteiger partial charge < -0.3 is 9.40 Å². The lowest BCUT2D eigenvalue weighted by Gasteiger charge is -2.14. The highest BCUT2D eigenvalue weighted by molar-refractivity contribution is 7.22. The lowest BCUT2D eigenvalue weighted by Crippen LogP contribution is -2.21. The van der Waals surface area contributed by atoms with Crippen LogP contribution in [0.5, 0.6) is 0 Å². The maximum absolute atomic E-state index is 13.1. The van der Waals surface area contributed by atoms with E-state index in [1.54, 1.807) is 18.4 Å². The van der Waals surface area contributed by atoms with Crippen LogP contribution in [0.4, 0.5) is 4.39 Å². The van der Waals surface area contributed by atoms with Crippen LogP contribution < -0.4 is 5.56 Å². The Labute approximate surface area is 152 Å². The molecule has 0 unspecified atom stereocenters. The molecule has 0 spiro atoms. The number of rotatable bonds is 5. The van der Waals surface area contributed by atoms with Gasteiger partial charge in [-0.1, -0.05) is 12.1 Å². The third-order valence-electron chi connectivity index (χ3n) is 3.99. The van der Waals surface area contributed by atoms with Gasteiger partial charge in [-0.05, 0) is 42.9 Å². The van der Waals surface area contributed by atoms with Gasteiger partial charge in [0.15, 0.2) is 0 Å². The topological polar surface area (TPSA) is 62.1 Å². The maximum Gasteiger partial charge on any atom is 0.268 e. The molecule has 132 valence electrons. The van der Waals surface area contributed by atoms with Crippen molar-refractivity contribution in [1.82, 2.24) is 14.9 Å². The van der Waals surface area contributed by atoms with E-state index in [4.69, 9.17) is 4.42 Å². The van der Waals surface area contributed by atoms with Crippen molar-refractivity contribution in [2.75, 3.05) is 7.05 Å². The Kier molecular flexibility index (Phi) is 4.40. The number of thiophene rings is 1. The molecule has 1 N–H and O–H groups in total. The van der Waals surface area contributed by atoms with E-state index in [9.17, 15) is 9.18 Å². The summed E-state index contributed by atoms with van der Waals surface area (Å²) in [6.07, 6.45) is 1.64. The molecule has 7 heteroatoms. The normalized spacial score (nSPS) is 11.5. The highest BCUT2D eigenvalue weighted by Gasteiger charge is 2.12. The molecular weight excluding hydrogens is 353 g/mol. The summed E-state index contributed by atoms with van der Waals surface area (Å²) < 4.78 is 19.0.